The summed E-state index contributed by atoms with van der Waals surface area (Å²) in [6, 6.07) is 0. The number of aliphatic hydroxyl groups excluding tert-OH is 1. The van der Waals surface area contributed by atoms with Gasteiger partial charge >= 0.3 is 0 Å². The zero-order chi connectivity index (χ0) is 8.31. The van der Waals surface area contributed by atoms with E-state index in [2.05, 4.69) is 0 Å². The molecule has 0 aromatic rings. The Kier molecular flexibility index (Phi) is 3.58. The van der Waals surface area contributed by atoms with Crippen LogP contribution in [0.5, 0.6) is 0 Å². The monoisotopic (exact) mass is 144 g/mol. The van der Waals surface area contributed by atoms with Gasteiger partial charge in [-0.15, -0.1) is 0 Å². The molecule has 60 valence electrons. The molecule has 2 heteroatoms. The number of Topliss-reactive ketones (excluding diaryl/α,β-unsaturated/α-hetero) is 1. The van der Waals surface area contributed by atoms with Gasteiger partial charge in [-0.05, 0) is 12.8 Å². The number of ketones is 1. The molecule has 0 amide bonds. The van der Waals surface area contributed by atoms with Crippen molar-refractivity contribution in [2.75, 3.05) is 0 Å². The molecule has 0 saturated heterocycles. The Morgan fingerprint density at radius 3 is 1.80 bits per heavy atom. The van der Waals surface area contributed by atoms with Crippen molar-refractivity contribution in [2.45, 2.75) is 33.8 Å². The van der Waals surface area contributed by atoms with Gasteiger partial charge in [-0.3, -0.25) is 4.79 Å². The molecule has 2 unspecified atom stereocenters. The SMILES string of the molecule is CC(=O)C(C)C(O)C(C)C. The molecule has 0 aromatic carbocycles. The topological polar surface area (TPSA) is 37.3 Å². The van der Waals surface area contributed by atoms with Gasteiger partial charge in [0.05, 0.1) is 6.10 Å². The lowest BCUT2D eigenvalue weighted by molar-refractivity contribution is -0.124. The predicted octanol–water partition coefficient (Wildman–Crippen LogP) is 1.23. The fourth-order valence-corrected chi connectivity index (χ4v) is 0.818. The largest absolute Gasteiger partial charge is 0.392 e. The van der Waals surface area contributed by atoms with Gasteiger partial charge in [-0.1, -0.05) is 20.8 Å². The van der Waals surface area contributed by atoms with Gasteiger partial charge in [-0.25, -0.2) is 0 Å². The van der Waals surface area contributed by atoms with Gasteiger partial charge in [0, 0.05) is 5.92 Å². The highest BCUT2D eigenvalue weighted by atomic mass is 16.3. The third-order valence-corrected chi connectivity index (χ3v) is 1.84. The van der Waals surface area contributed by atoms with Crippen LogP contribution >= 0.6 is 0 Å². The first kappa shape index (κ1) is 9.63. The quantitative estimate of drug-likeness (QED) is 0.646. The van der Waals surface area contributed by atoms with E-state index in [4.69, 9.17) is 0 Å². The van der Waals surface area contributed by atoms with E-state index < -0.39 is 6.10 Å². The summed E-state index contributed by atoms with van der Waals surface area (Å²) < 4.78 is 0. The van der Waals surface area contributed by atoms with Crippen LogP contribution in [-0.4, -0.2) is 17.0 Å². The maximum Gasteiger partial charge on any atom is 0.135 e. The zero-order valence-electron chi connectivity index (χ0n) is 7.09. The molecule has 0 heterocycles. The van der Waals surface area contributed by atoms with Crippen LogP contribution in [0.2, 0.25) is 0 Å². The normalized spacial score (nSPS) is 17.0. The summed E-state index contributed by atoms with van der Waals surface area (Å²) in [5.74, 6) is 0.0000926. The summed E-state index contributed by atoms with van der Waals surface area (Å²) in [7, 11) is 0. The Labute approximate surface area is 62.2 Å². The molecule has 1 N–H and O–H groups in total. The lowest BCUT2D eigenvalue weighted by atomic mass is 9.92. The van der Waals surface area contributed by atoms with Crippen LogP contribution in [0.25, 0.3) is 0 Å². The first-order chi connectivity index (χ1) is 4.46. The molecule has 0 bridgehead atoms. The van der Waals surface area contributed by atoms with E-state index in [1.54, 1.807) is 6.92 Å². The van der Waals surface area contributed by atoms with Gasteiger partial charge < -0.3 is 5.11 Å². The fraction of sp³-hybridized carbons (Fsp3) is 0.875. The molecule has 0 radical (unpaired) electrons. The van der Waals surface area contributed by atoms with Crippen LogP contribution in [0.4, 0.5) is 0 Å². The lowest BCUT2D eigenvalue weighted by Crippen LogP contribution is -2.28. The number of hydrogen-bond donors (Lipinski definition) is 1. The fourth-order valence-electron chi connectivity index (χ4n) is 0.818. The number of hydrogen-bond acceptors (Lipinski definition) is 2. The summed E-state index contributed by atoms with van der Waals surface area (Å²) >= 11 is 0. The third-order valence-electron chi connectivity index (χ3n) is 1.84. The molecule has 0 saturated carbocycles. The highest BCUT2D eigenvalue weighted by Crippen LogP contribution is 2.12. The van der Waals surface area contributed by atoms with E-state index in [-0.39, 0.29) is 17.6 Å². The van der Waals surface area contributed by atoms with Crippen molar-refractivity contribution in [3.05, 3.63) is 0 Å². The summed E-state index contributed by atoms with van der Waals surface area (Å²) in [5.41, 5.74) is 0. The van der Waals surface area contributed by atoms with Crippen LogP contribution in [0.3, 0.4) is 0 Å². The minimum absolute atomic E-state index is 0.0567. The van der Waals surface area contributed by atoms with Gasteiger partial charge in [0.2, 0.25) is 0 Å². The Hall–Kier alpha value is -0.370. The summed E-state index contributed by atoms with van der Waals surface area (Å²) in [6.45, 7) is 7.08. The molecule has 2 nitrogen and oxygen atoms in total. The van der Waals surface area contributed by atoms with Crippen molar-refractivity contribution in [3.63, 3.8) is 0 Å². The molecular weight excluding hydrogens is 128 g/mol. The van der Waals surface area contributed by atoms with E-state index >= 15 is 0 Å². The predicted molar refractivity (Wildman–Crippen MR) is 40.7 cm³/mol. The summed E-state index contributed by atoms with van der Waals surface area (Å²) in [6.07, 6.45) is -0.488. The van der Waals surface area contributed by atoms with Crippen molar-refractivity contribution in [2.24, 2.45) is 11.8 Å². The molecule has 0 rings (SSSR count). The van der Waals surface area contributed by atoms with Crippen LogP contribution in [0, 0.1) is 11.8 Å². The van der Waals surface area contributed by atoms with E-state index in [1.807, 2.05) is 13.8 Å². The van der Waals surface area contributed by atoms with Crippen molar-refractivity contribution in [3.8, 4) is 0 Å². The van der Waals surface area contributed by atoms with Crippen molar-refractivity contribution in [1.29, 1.82) is 0 Å². The molecule has 0 aliphatic heterocycles. The molecule has 10 heavy (non-hydrogen) atoms. The highest BCUT2D eigenvalue weighted by molar-refractivity contribution is 5.78. The third kappa shape index (κ3) is 2.48. The van der Waals surface area contributed by atoms with Crippen LogP contribution in [0.15, 0.2) is 0 Å². The minimum atomic E-state index is -0.488. The number of rotatable bonds is 3. The van der Waals surface area contributed by atoms with E-state index in [9.17, 15) is 9.90 Å². The Balaban J connectivity index is 3.94. The van der Waals surface area contributed by atoms with Gasteiger partial charge in [0.25, 0.3) is 0 Å². The van der Waals surface area contributed by atoms with Crippen molar-refractivity contribution >= 4 is 5.78 Å². The molecule has 0 aromatic heterocycles. The van der Waals surface area contributed by atoms with Crippen LogP contribution in [-0.2, 0) is 4.79 Å². The molecule has 0 aliphatic rings. The van der Waals surface area contributed by atoms with Crippen molar-refractivity contribution < 1.29 is 9.90 Å². The second-order valence-electron chi connectivity index (χ2n) is 3.13. The highest BCUT2D eigenvalue weighted by Gasteiger charge is 2.20. The average Bonchev–Trinajstić information content (AvgIpc) is 1.84. The smallest absolute Gasteiger partial charge is 0.135 e. The second kappa shape index (κ2) is 3.71. The summed E-state index contributed by atoms with van der Waals surface area (Å²) in [4.78, 5) is 10.7. The average molecular weight is 144 g/mol. The second-order valence-corrected chi connectivity index (χ2v) is 3.13. The van der Waals surface area contributed by atoms with Crippen molar-refractivity contribution in [1.82, 2.24) is 0 Å². The number of aliphatic hydroxyl groups is 1. The van der Waals surface area contributed by atoms with Gasteiger partial charge in [-0.2, -0.15) is 0 Å². The maximum absolute atomic E-state index is 10.7. The summed E-state index contributed by atoms with van der Waals surface area (Å²) in [5, 5.41) is 9.34. The Morgan fingerprint density at radius 2 is 1.70 bits per heavy atom. The van der Waals surface area contributed by atoms with E-state index in [1.165, 1.54) is 6.92 Å². The maximum atomic E-state index is 10.7. The standard InChI is InChI=1S/C8H16O2/c1-5(2)8(10)6(3)7(4)9/h5-6,8,10H,1-4H3. The van der Waals surface area contributed by atoms with E-state index in [0.29, 0.717) is 0 Å². The first-order valence-electron chi connectivity index (χ1n) is 3.65. The molecule has 0 spiro atoms. The molecule has 2 atom stereocenters. The molecular formula is C8H16O2. The van der Waals surface area contributed by atoms with Gasteiger partial charge in [0.1, 0.15) is 5.78 Å². The molecule has 0 fully saturated rings. The van der Waals surface area contributed by atoms with E-state index in [0.717, 1.165) is 0 Å². The van der Waals surface area contributed by atoms with Crippen LogP contribution < -0.4 is 0 Å². The zero-order valence-corrected chi connectivity index (χ0v) is 7.09. The molecule has 0 aliphatic carbocycles. The first-order valence-corrected chi connectivity index (χ1v) is 3.65. The number of carbonyl (C=O) groups excluding carboxylic acids is 1. The minimum Gasteiger partial charge on any atom is -0.392 e. The Bertz CT molecular complexity index is 118. The lowest BCUT2D eigenvalue weighted by Gasteiger charge is -2.19. The van der Waals surface area contributed by atoms with Crippen LogP contribution in [0.1, 0.15) is 27.7 Å². The number of carbonyl (C=O) groups is 1. The Morgan fingerprint density at radius 1 is 1.30 bits per heavy atom. The van der Waals surface area contributed by atoms with Gasteiger partial charge in [0.15, 0.2) is 0 Å².